The molecule has 1 aromatic carbocycles. The van der Waals surface area contributed by atoms with Crippen LogP contribution >= 0.6 is 0 Å². The molecule has 0 aliphatic carbocycles. The summed E-state index contributed by atoms with van der Waals surface area (Å²) in [5.74, 6) is 1.72. The van der Waals surface area contributed by atoms with E-state index in [4.69, 9.17) is 10.2 Å². The SMILES string of the molecule is Cc1ccc(C(CNC(=O)c2cc(N)ccc2C)N2CCCC2)o1. The minimum absolute atomic E-state index is 0.0755. The Labute approximate surface area is 142 Å². The summed E-state index contributed by atoms with van der Waals surface area (Å²) in [5, 5.41) is 3.06. The topological polar surface area (TPSA) is 71.5 Å². The largest absolute Gasteiger partial charge is 0.465 e. The fraction of sp³-hybridized carbons (Fsp3) is 0.421. The molecule has 1 fully saturated rings. The zero-order valence-electron chi connectivity index (χ0n) is 14.3. The highest BCUT2D eigenvalue weighted by molar-refractivity contribution is 5.96. The molecule has 128 valence electrons. The van der Waals surface area contributed by atoms with Crippen LogP contribution in [0.5, 0.6) is 0 Å². The first kappa shape index (κ1) is 16.6. The van der Waals surface area contributed by atoms with Gasteiger partial charge in [0.15, 0.2) is 0 Å². The molecule has 0 radical (unpaired) electrons. The van der Waals surface area contributed by atoms with Crippen LogP contribution in [0.1, 0.15) is 46.3 Å². The van der Waals surface area contributed by atoms with Gasteiger partial charge in [-0.15, -0.1) is 0 Å². The monoisotopic (exact) mass is 327 g/mol. The standard InChI is InChI=1S/C19H25N3O2/c1-13-5-7-15(20)11-16(13)19(23)21-12-17(22-9-3-4-10-22)18-8-6-14(2)24-18/h5-8,11,17H,3-4,9-10,12,20H2,1-2H3,(H,21,23). The second kappa shape index (κ2) is 7.09. The number of nitrogens with two attached hydrogens (primary N) is 1. The van der Waals surface area contributed by atoms with Crippen LogP contribution in [0.4, 0.5) is 5.69 Å². The Balaban J connectivity index is 1.73. The molecular formula is C19H25N3O2. The molecule has 0 spiro atoms. The van der Waals surface area contributed by atoms with E-state index in [0.29, 0.717) is 17.8 Å². The quantitative estimate of drug-likeness (QED) is 0.828. The van der Waals surface area contributed by atoms with E-state index in [9.17, 15) is 4.79 Å². The van der Waals surface area contributed by atoms with Crippen LogP contribution in [0.3, 0.4) is 0 Å². The van der Waals surface area contributed by atoms with Crippen molar-refractivity contribution < 1.29 is 9.21 Å². The molecular weight excluding hydrogens is 302 g/mol. The van der Waals surface area contributed by atoms with Crippen molar-refractivity contribution in [3.05, 3.63) is 53.0 Å². The number of carbonyl (C=O) groups excluding carboxylic acids is 1. The first-order chi connectivity index (χ1) is 11.5. The van der Waals surface area contributed by atoms with Gasteiger partial charge in [-0.05, 0) is 69.6 Å². The molecule has 1 unspecified atom stereocenters. The van der Waals surface area contributed by atoms with E-state index >= 15 is 0 Å². The van der Waals surface area contributed by atoms with Gasteiger partial charge in [0.25, 0.3) is 5.91 Å². The van der Waals surface area contributed by atoms with Crippen LogP contribution in [0, 0.1) is 13.8 Å². The van der Waals surface area contributed by atoms with Gasteiger partial charge in [0.1, 0.15) is 11.5 Å². The van der Waals surface area contributed by atoms with Crippen LogP contribution in [0.2, 0.25) is 0 Å². The molecule has 3 N–H and O–H groups in total. The average Bonchev–Trinajstić information content (AvgIpc) is 3.22. The number of hydrogen-bond acceptors (Lipinski definition) is 4. The van der Waals surface area contributed by atoms with Crippen LogP contribution in [-0.2, 0) is 0 Å². The van der Waals surface area contributed by atoms with Crippen molar-refractivity contribution in [1.29, 1.82) is 0 Å². The molecule has 0 bridgehead atoms. The summed E-state index contributed by atoms with van der Waals surface area (Å²) in [4.78, 5) is 14.9. The maximum Gasteiger partial charge on any atom is 0.251 e. The molecule has 24 heavy (non-hydrogen) atoms. The van der Waals surface area contributed by atoms with E-state index in [-0.39, 0.29) is 11.9 Å². The number of likely N-dealkylation sites (tertiary alicyclic amines) is 1. The van der Waals surface area contributed by atoms with Crippen molar-refractivity contribution in [2.75, 3.05) is 25.4 Å². The van der Waals surface area contributed by atoms with Gasteiger partial charge in [0, 0.05) is 17.8 Å². The van der Waals surface area contributed by atoms with Crippen molar-refractivity contribution in [3.8, 4) is 0 Å². The Morgan fingerprint density at radius 2 is 2.00 bits per heavy atom. The van der Waals surface area contributed by atoms with E-state index in [2.05, 4.69) is 10.2 Å². The Morgan fingerprint density at radius 3 is 2.67 bits per heavy atom. The van der Waals surface area contributed by atoms with Crippen molar-refractivity contribution in [2.45, 2.75) is 32.7 Å². The number of hydrogen-bond donors (Lipinski definition) is 2. The Bertz CT molecular complexity index is 717. The van der Waals surface area contributed by atoms with Crippen molar-refractivity contribution in [3.63, 3.8) is 0 Å². The lowest BCUT2D eigenvalue weighted by Crippen LogP contribution is -2.36. The molecule has 5 nitrogen and oxygen atoms in total. The number of carbonyl (C=O) groups is 1. The summed E-state index contributed by atoms with van der Waals surface area (Å²) in [6.45, 7) is 6.47. The molecule has 1 amide bonds. The molecule has 2 heterocycles. The second-order valence-corrected chi connectivity index (χ2v) is 6.49. The lowest BCUT2D eigenvalue weighted by Gasteiger charge is -2.26. The number of amides is 1. The highest BCUT2D eigenvalue weighted by Gasteiger charge is 2.26. The van der Waals surface area contributed by atoms with Crippen LogP contribution < -0.4 is 11.1 Å². The number of nitrogens with one attached hydrogen (secondary N) is 1. The van der Waals surface area contributed by atoms with E-state index < -0.39 is 0 Å². The second-order valence-electron chi connectivity index (χ2n) is 6.49. The first-order valence-electron chi connectivity index (χ1n) is 8.49. The zero-order valence-corrected chi connectivity index (χ0v) is 14.3. The lowest BCUT2D eigenvalue weighted by molar-refractivity contribution is 0.0933. The van der Waals surface area contributed by atoms with Gasteiger partial charge in [-0.2, -0.15) is 0 Å². The zero-order chi connectivity index (χ0) is 17.1. The minimum atomic E-state index is -0.0905. The van der Waals surface area contributed by atoms with Crippen molar-refractivity contribution >= 4 is 11.6 Å². The summed E-state index contributed by atoms with van der Waals surface area (Å²) in [5.41, 5.74) is 7.97. The summed E-state index contributed by atoms with van der Waals surface area (Å²) < 4.78 is 5.83. The van der Waals surface area contributed by atoms with Crippen molar-refractivity contribution in [1.82, 2.24) is 10.2 Å². The first-order valence-corrected chi connectivity index (χ1v) is 8.49. The third kappa shape index (κ3) is 3.62. The predicted molar refractivity (Wildman–Crippen MR) is 94.9 cm³/mol. The summed E-state index contributed by atoms with van der Waals surface area (Å²) in [7, 11) is 0. The molecule has 3 rings (SSSR count). The number of benzene rings is 1. The average molecular weight is 327 g/mol. The number of aryl methyl sites for hydroxylation is 2. The maximum absolute atomic E-state index is 12.6. The van der Waals surface area contributed by atoms with Crippen LogP contribution in [0.25, 0.3) is 0 Å². The molecule has 1 atom stereocenters. The summed E-state index contributed by atoms with van der Waals surface area (Å²) in [6.07, 6.45) is 2.39. The number of nitrogens with zero attached hydrogens (tertiary/aromatic N) is 1. The Morgan fingerprint density at radius 1 is 1.25 bits per heavy atom. The molecule has 5 heteroatoms. The number of rotatable bonds is 5. The number of furan rings is 1. The van der Waals surface area contributed by atoms with Gasteiger partial charge in [-0.3, -0.25) is 9.69 Å². The van der Waals surface area contributed by atoms with Crippen LogP contribution in [0.15, 0.2) is 34.7 Å². The van der Waals surface area contributed by atoms with Gasteiger partial charge < -0.3 is 15.5 Å². The van der Waals surface area contributed by atoms with Crippen LogP contribution in [-0.4, -0.2) is 30.4 Å². The minimum Gasteiger partial charge on any atom is -0.465 e. The van der Waals surface area contributed by atoms with E-state index in [1.165, 1.54) is 12.8 Å². The number of anilines is 1. The molecule has 1 aromatic heterocycles. The van der Waals surface area contributed by atoms with Gasteiger partial charge >= 0.3 is 0 Å². The van der Waals surface area contributed by atoms with Gasteiger partial charge in [-0.1, -0.05) is 6.07 Å². The van der Waals surface area contributed by atoms with E-state index in [1.807, 2.05) is 38.1 Å². The van der Waals surface area contributed by atoms with Gasteiger partial charge in [0.05, 0.1) is 6.04 Å². The van der Waals surface area contributed by atoms with E-state index in [0.717, 1.165) is 30.2 Å². The fourth-order valence-electron chi connectivity index (χ4n) is 3.26. The molecule has 0 saturated carbocycles. The lowest BCUT2D eigenvalue weighted by atomic mass is 10.1. The van der Waals surface area contributed by atoms with E-state index in [1.54, 1.807) is 6.07 Å². The highest BCUT2D eigenvalue weighted by atomic mass is 16.3. The molecule has 1 saturated heterocycles. The fourth-order valence-corrected chi connectivity index (χ4v) is 3.26. The molecule has 1 aliphatic rings. The Hall–Kier alpha value is -2.27. The Kier molecular flexibility index (Phi) is 4.90. The predicted octanol–water partition coefficient (Wildman–Crippen LogP) is 3.05. The molecule has 2 aromatic rings. The van der Waals surface area contributed by atoms with Crippen molar-refractivity contribution in [2.24, 2.45) is 0 Å². The van der Waals surface area contributed by atoms with Gasteiger partial charge in [0.2, 0.25) is 0 Å². The summed E-state index contributed by atoms with van der Waals surface area (Å²) >= 11 is 0. The van der Waals surface area contributed by atoms with Gasteiger partial charge in [-0.25, -0.2) is 0 Å². The smallest absolute Gasteiger partial charge is 0.251 e. The highest BCUT2D eigenvalue weighted by Crippen LogP contribution is 2.26. The number of nitrogen functional groups attached to an aromatic ring is 1. The normalized spacial score (nSPS) is 16.2. The summed E-state index contributed by atoms with van der Waals surface area (Å²) in [6, 6.07) is 9.47. The third-order valence-corrected chi connectivity index (χ3v) is 4.63. The molecule has 1 aliphatic heterocycles. The third-order valence-electron chi connectivity index (χ3n) is 4.63. The maximum atomic E-state index is 12.6.